The molecule has 3 aromatic carbocycles. The second-order valence-corrected chi connectivity index (χ2v) is 11.3. The molecule has 1 aliphatic rings. The molecule has 4 aromatic rings. The number of aryl methyl sites for hydroxylation is 1. The van der Waals surface area contributed by atoms with Crippen molar-refractivity contribution in [2.75, 3.05) is 31.2 Å². The lowest BCUT2D eigenvalue weighted by Gasteiger charge is -2.31. The van der Waals surface area contributed by atoms with Gasteiger partial charge in [-0.15, -0.1) is 0 Å². The number of ether oxygens (including phenoxy) is 2. The van der Waals surface area contributed by atoms with E-state index in [-0.39, 0.29) is 41.6 Å². The molecular weight excluding hydrogens is 615 g/mol. The molecule has 240 valence electrons. The van der Waals surface area contributed by atoms with Gasteiger partial charge in [-0.3, -0.25) is 19.1 Å². The Hall–Kier alpha value is -4.90. The fourth-order valence-corrected chi connectivity index (χ4v) is 5.44. The summed E-state index contributed by atoms with van der Waals surface area (Å²) >= 11 is 6.35. The number of carboxylic acids is 1. The van der Waals surface area contributed by atoms with Gasteiger partial charge in [-0.2, -0.15) is 5.10 Å². The first-order valence-corrected chi connectivity index (χ1v) is 15.3. The molecule has 12 heteroatoms. The summed E-state index contributed by atoms with van der Waals surface area (Å²) in [5.41, 5.74) is 4.49. The largest absolute Gasteiger partial charge is 0.493 e. The summed E-state index contributed by atoms with van der Waals surface area (Å²) in [6, 6.07) is 13.9. The minimum Gasteiger partial charge on any atom is -0.493 e. The molecule has 0 aliphatic carbocycles. The normalized spacial score (nSPS) is 12.3. The number of benzene rings is 3. The second-order valence-electron chi connectivity index (χ2n) is 10.9. The Balaban J connectivity index is 1.25. The number of nitrogens with one attached hydrogen (secondary N) is 1. The van der Waals surface area contributed by atoms with E-state index in [1.807, 2.05) is 50.2 Å². The summed E-state index contributed by atoms with van der Waals surface area (Å²) in [6.45, 7) is 5.15. The maximum atomic E-state index is 15.0. The lowest BCUT2D eigenvalue weighted by molar-refractivity contribution is -0.136. The number of hydrogen-bond donors (Lipinski definition) is 2. The molecule has 0 unspecified atom stereocenters. The van der Waals surface area contributed by atoms with Gasteiger partial charge in [-0.25, -0.2) is 4.39 Å². The Labute approximate surface area is 270 Å². The van der Waals surface area contributed by atoms with E-state index in [0.717, 1.165) is 28.5 Å². The quantitative estimate of drug-likeness (QED) is 0.186. The van der Waals surface area contributed by atoms with Crippen molar-refractivity contribution < 1.29 is 33.4 Å². The number of nitrogens with zero attached hydrogens (tertiary/aromatic N) is 3. The minimum absolute atomic E-state index is 0.00375. The summed E-state index contributed by atoms with van der Waals surface area (Å²) in [5, 5.41) is 15.6. The highest BCUT2D eigenvalue weighted by atomic mass is 35.5. The Morgan fingerprint density at radius 3 is 2.72 bits per heavy atom. The van der Waals surface area contributed by atoms with Gasteiger partial charge < -0.3 is 24.8 Å². The van der Waals surface area contributed by atoms with Crippen LogP contribution in [0.4, 0.5) is 10.1 Å². The van der Waals surface area contributed by atoms with E-state index in [0.29, 0.717) is 49.6 Å². The number of aromatic nitrogens is 2. The average Bonchev–Trinajstić information content (AvgIpc) is 3.50. The zero-order valence-electron chi connectivity index (χ0n) is 25.5. The number of carboxylic acid groups (broad SMARTS) is 1. The first kappa shape index (κ1) is 32.5. The van der Waals surface area contributed by atoms with Crippen LogP contribution in [0.1, 0.15) is 46.3 Å². The third-order valence-corrected chi connectivity index (χ3v) is 8.12. The van der Waals surface area contributed by atoms with Crippen LogP contribution in [-0.4, -0.2) is 59.0 Å². The molecule has 0 atom stereocenters. The predicted molar refractivity (Wildman–Crippen MR) is 171 cm³/mol. The first-order valence-electron chi connectivity index (χ1n) is 14.9. The molecule has 2 heterocycles. The van der Waals surface area contributed by atoms with Crippen LogP contribution in [0.2, 0.25) is 5.02 Å². The van der Waals surface area contributed by atoms with Crippen molar-refractivity contribution in [2.45, 2.75) is 39.7 Å². The SMILES string of the molecule is Cc1cccc(OCCCC(=O)N2CCOc3c(-c4cnn(Cc5c(F)cc(C(=O)NCCC(=O)O)cc5Cl)c4)cccc32)c1C. The topological polar surface area (TPSA) is 123 Å². The zero-order chi connectivity index (χ0) is 32.8. The molecular formula is C34H34ClFN4O6. The van der Waals surface area contributed by atoms with Gasteiger partial charge >= 0.3 is 5.97 Å². The molecule has 1 aliphatic heterocycles. The van der Waals surface area contributed by atoms with Crippen LogP contribution < -0.4 is 19.7 Å². The van der Waals surface area contributed by atoms with Crippen LogP contribution in [0, 0.1) is 19.7 Å². The van der Waals surface area contributed by atoms with Crippen LogP contribution >= 0.6 is 11.6 Å². The average molecular weight is 649 g/mol. The Morgan fingerprint density at radius 1 is 1.13 bits per heavy atom. The van der Waals surface area contributed by atoms with Crippen molar-refractivity contribution in [1.29, 1.82) is 0 Å². The number of anilines is 1. The number of hydrogen-bond acceptors (Lipinski definition) is 6. The number of carbonyl (C=O) groups excluding carboxylic acids is 2. The summed E-state index contributed by atoms with van der Waals surface area (Å²) in [4.78, 5) is 38.0. The van der Waals surface area contributed by atoms with Crippen molar-refractivity contribution in [3.63, 3.8) is 0 Å². The third kappa shape index (κ3) is 7.48. The molecule has 0 saturated heterocycles. The van der Waals surface area contributed by atoms with Crippen LogP contribution in [-0.2, 0) is 16.1 Å². The number of amides is 2. The highest BCUT2D eigenvalue weighted by molar-refractivity contribution is 6.31. The van der Waals surface area contributed by atoms with Gasteiger partial charge in [-0.1, -0.05) is 35.9 Å². The summed E-state index contributed by atoms with van der Waals surface area (Å²) in [7, 11) is 0. The van der Waals surface area contributed by atoms with Gasteiger partial charge in [0.2, 0.25) is 5.91 Å². The van der Waals surface area contributed by atoms with Gasteiger partial charge in [0.1, 0.15) is 18.2 Å². The van der Waals surface area contributed by atoms with Crippen LogP contribution in [0.3, 0.4) is 0 Å². The molecule has 0 fully saturated rings. The van der Waals surface area contributed by atoms with Gasteiger partial charge in [0.25, 0.3) is 5.91 Å². The Kier molecular flexibility index (Phi) is 10.2. The molecule has 46 heavy (non-hydrogen) atoms. The van der Waals surface area contributed by atoms with Gasteiger partial charge in [0.15, 0.2) is 5.75 Å². The van der Waals surface area contributed by atoms with Gasteiger partial charge in [0.05, 0.1) is 38.0 Å². The van der Waals surface area contributed by atoms with E-state index in [4.69, 9.17) is 26.2 Å². The Bertz CT molecular complexity index is 1750. The van der Waals surface area contributed by atoms with Crippen LogP contribution in [0.25, 0.3) is 11.1 Å². The third-order valence-electron chi connectivity index (χ3n) is 7.79. The van der Waals surface area contributed by atoms with E-state index in [1.165, 1.54) is 10.7 Å². The van der Waals surface area contributed by atoms with Gasteiger partial charge in [-0.05, 0) is 55.7 Å². The molecule has 0 saturated carbocycles. The smallest absolute Gasteiger partial charge is 0.305 e. The van der Waals surface area contributed by atoms with E-state index in [9.17, 15) is 14.4 Å². The second kappa shape index (κ2) is 14.5. The molecule has 0 radical (unpaired) electrons. The number of carbonyl (C=O) groups is 3. The van der Waals surface area contributed by atoms with Crippen molar-refractivity contribution in [1.82, 2.24) is 15.1 Å². The molecule has 2 amide bonds. The van der Waals surface area contributed by atoms with Crippen molar-refractivity contribution in [3.8, 4) is 22.6 Å². The fourth-order valence-electron chi connectivity index (χ4n) is 5.18. The van der Waals surface area contributed by atoms with Crippen LogP contribution in [0.15, 0.2) is 60.9 Å². The van der Waals surface area contributed by atoms with Gasteiger partial charge in [0, 0.05) is 46.4 Å². The molecule has 10 nitrogen and oxygen atoms in total. The van der Waals surface area contributed by atoms with Crippen molar-refractivity contribution >= 4 is 35.1 Å². The number of halogens is 2. The molecule has 5 rings (SSSR count). The maximum absolute atomic E-state index is 15.0. The summed E-state index contributed by atoms with van der Waals surface area (Å²) in [6.07, 6.45) is 3.99. The highest BCUT2D eigenvalue weighted by Crippen LogP contribution is 2.41. The minimum atomic E-state index is -1.06. The zero-order valence-corrected chi connectivity index (χ0v) is 26.3. The summed E-state index contributed by atoms with van der Waals surface area (Å²) in [5.74, 6) is -1.00. The fraction of sp³-hybridized carbons (Fsp3) is 0.294. The Morgan fingerprint density at radius 2 is 1.93 bits per heavy atom. The molecule has 0 bridgehead atoms. The van der Waals surface area contributed by atoms with E-state index in [2.05, 4.69) is 10.4 Å². The predicted octanol–water partition coefficient (Wildman–Crippen LogP) is 5.80. The monoisotopic (exact) mass is 648 g/mol. The van der Waals surface area contributed by atoms with Crippen molar-refractivity contribution in [2.24, 2.45) is 0 Å². The lowest BCUT2D eigenvalue weighted by atomic mass is 10.1. The number of fused-ring (bicyclic) bond motifs is 1. The summed E-state index contributed by atoms with van der Waals surface area (Å²) < 4.78 is 28.5. The standard InChI is InChI=1S/C34H34ClFN4O6/c1-21-6-3-9-30(22(21)2)45-14-5-10-31(41)40-13-15-46-33-25(7-4-8-29(33)40)24-18-38-39(19-24)20-26-27(35)16-23(17-28(26)36)34(44)37-12-11-32(42)43/h3-4,6-9,16-19H,5,10-15,20H2,1-2H3,(H,37,44)(H,42,43). The number of rotatable bonds is 12. The van der Waals surface area contributed by atoms with E-state index < -0.39 is 17.7 Å². The number of aliphatic carboxylic acids is 1. The van der Waals surface area contributed by atoms with E-state index >= 15 is 4.39 Å². The molecule has 1 aromatic heterocycles. The first-order chi connectivity index (χ1) is 22.1. The molecule has 0 spiro atoms. The lowest BCUT2D eigenvalue weighted by Crippen LogP contribution is -2.38. The van der Waals surface area contributed by atoms with Crippen LogP contribution in [0.5, 0.6) is 11.5 Å². The van der Waals surface area contributed by atoms with Crippen molar-refractivity contribution in [3.05, 3.63) is 94.0 Å². The molecule has 2 N–H and O–H groups in total. The van der Waals surface area contributed by atoms with E-state index in [1.54, 1.807) is 17.3 Å². The maximum Gasteiger partial charge on any atom is 0.305 e. The highest BCUT2D eigenvalue weighted by Gasteiger charge is 2.26. The number of para-hydroxylation sites is 1.